The Labute approximate surface area is 105 Å². The molecule has 0 aliphatic carbocycles. The standard InChI is InChI=1S/C12H16N2O4/c1-3-13(4-2)8-9-5-6-10(14(17)18)7-11(9)12(15)16/h5-7H,3-4,8H2,1-2H3,(H,15,16). The summed E-state index contributed by atoms with van der Waals surface area (Å²) in [5.74, 6) is -1.14. The van der Waals surface area contributed by atoms with Gasteiger partial charge in [0.1, 0.15) is 0 Å². The van der Waals surface area contributed by atoms with E-state index in [0.29, 0.717) is 12.1 Å². The zero-order valence-electron chi connectivity index (χ0n) is 10.4. The Bertz CT molecular complexity index is 455. The first kappa shape index (κ1) is 14.1. The maximum absolute atomic E-state index is 11.1. The van der Waals surface area contributed by atoms with Crippen molar-refractivity contribution in [2.24, 2.45) is 0 Å². The van der Waals surface area contributed by atoms with Gasteiger partial charge in [-0.3, -0.25) is 15.0 Å². The van der Waals surface area contributed by atoms with E-state index in [1.165, 1.54) is 12.1 Å². The molecule has 0 atom stereocenters. The molecule has 0 aliphatic rings. The average Bonchev–Trinajstić information content (AvgIpc) is 2.35. The zero-order valence-corrected chi connectivity index (χ0v) is 10.4. The number of benzene rings is 1. The SMILES string of the molecule is CCN(CC)Cc1ccc([N+](=O)[O-])cc1C(=O)O. The number of nitro benzene ring substituents is 1. The van der Waals surface area contributed by atoms with Crippen molar-refractivity contribution in [3.63, 3.8) is 0 Å². The smallest absolute Gasteiger partial charge is 0.336 e. The fourth-order valence-electron chi connectivity index (χ4n) is 1.70. The molecule has 0 saturated carbocycles. The molecule has 0 aliphatic heterocycles. The van der Waals surface area contributed by atoms with E-state index < -0.39 is 10.9 Å². The minimum Gasteiger partial charge on any atom is -0.478 e. The molecule has 0 fully saturated rings. The van der Waals surface area contributed by atoms with Crippen molar-refractivity contribution in [1.29, 1.82) is 0 Å². The predicted molar refractivity (Wildman–Crippen MR) is 66.7 cm³/mol. The maximum atomic E-state index is 11.1. The zero-order chi connectivity index (χ0) is 13.7. The predicted octanol–water partition coefficient (Wildman–Crippen LogP) is 2.13. The first-order valence-corrected chi connectivity index (χ1v) is 5.72. The van der Waals surface area contributed by atoms with Crippen LogP contribution >= 0.6 is 0 Å². The van der Waals surface area contributed by atoms with Crippen LogP contribution in [0.5, 0.6) is 0 Å². The number of nitro groups is 1. The van der Waals surface area contributed by atoms with E-state index >= 15 is 0 Å². The minimum absolute atomic E-state index is 0.00361. The fraction of sp³-hybridized carbons (Fsp3) is 0.417. The highest BCUT2D eigenvalue weighted by Crippen LogP contribution is 2.19. The number of carboxylic acids is 1. The molecule has 0 aromatic heterocycles. The van der Waals surface area contributed by atoms with Crippen LogP contribution in [0.3, 0.4) is 0 Å². The largest absolute Gasteiger partial charge is 0.478 e. The van der Waals surface area contributed by atoms with Gasteiger partial charge >= 0.3 is 5.97 Å². The Morgan fingerprint density at radius 2 is 2.00 bits per heavy atom. The third-order valence-electron chi connectivity index (χ3n) is 2.82. The lowest BCUT2D eigenvalue weighted by molar-refractivity contribution is -0.384. The third-order valence-corrected chi connectivity index (χ3v) is 2.82. The Balaban J connectivity index is 3.11. The van der Waals surface area contributed by atoms with E-state index in [0.717, 1.165) is 19.2 Å². The van der Waals surface area contributed by atoms with Crippen molar-refractivity contribution in [3.8, 4) is 0 Å². The first-order valence-electron chi connectivity index (χ1n) is 5.72. The molecule has 98 valence electrons. The normalized spacial score (nSPS) is 10.6. The number of hydrogen-bond acceptors (Lipinski definition) is 4. The fourth-order valence-corrected chi connectivity index (χ4v) is 1.70. The van der Waals surface area contributed by atoms with Crippen molar-refractivity contribution in [2.75, 3.05) is 13.1 Å². The van der Waals surface area contributed by atoms with Gasteiger partial charge in [0, 0.05) is 18.7 Å². The second-order valence-corrected chi connectivity index (χ2v) is 3.87. The number of aromatic carboxylic acids is 1. The molecule has 1 aromatic carbocycles. The van der Waals surface area contributed by atoms with E-state index in [9.17, 15) is 14.9 Å². The van der Waals surface area contributed by atoms with Gasteiger partial charge in [-0.15, -0.1) is 0 Å². The minimum atomic E-state index is -1.14. The van der Waals surface area contributed by atoms with Gasteiger partial charge in [-0.1, -0.05) is 19.9 Å². The van der Waals surface area contributed by atoms with E-state index in [1.54, 1.807) is 0 Å². The van der Waals surface area contributed by atoms with Gasteiger partial charge in [0.25, 0.3) is 5.69 Å². The molecular weight excluding hydrogens is 236 g/mol. The summed E-state index contributed by atoms with van der Waals surface area (Å²) < 4.78 is 0. The summed E-state index contributed by atoms with van der Waals surface area (Å²) >= 11 is 0. The molecular formula is C12H16N2O4. The van der Waals surface area contributed by atoms with Crippen LogP contribution in [0, 0.1) is 10.1 Å². The lowest BCUT2D eigenvalue weighted by Crippen LogP contribution is -2.23. The van der Waals surface area contributed by atoms with Crippen LogP contribution in [0.1, 0.15) is 29.8 Å². The summed E-state index contributed by atoms with van der Waals surface area (Å²) in [6, 6.07) is 3.96. The van der Waals surface area contributed by atoms with Crippen molar-refractivity contribution in [1.82, 2.24) is 4.90 Å². The van der Waals surface area contributed by atoms with Gasteiger partial charge in [-0.25, -0.2) is 4.79 Å². The molecule has 1 N–H and O–H groups in total. The maximum Gasteiger partial charge on any atom is 0.336 e. The van der Waals surface area contributed by atoms with Gasteiger partial charge < -0.3 is 5.11 Å². The number of non-ortho nitro benzene ring substituents is 1. The van der Waals surface area contributed by atoms with Crippen LogP contribution in [0.4, 0.5) is 5.69 Å². The summed E-state index contributed by atoms with van der Waals surface area (Å²) in [5.41, 5.74) is 0.392. The molecule has 0 bridgehead atoms. The molecule has 1 aromatic rings. The van der Waals surface area contributed by atoms with Crippen LogP contribution in [0.2, 0.25) is 0 Å². The number of hydrogen-bond donors (Lipinski definition) is 1. The summed E-state index contributed by atoms with van der Waals surface area (Å²) in [6.07, 6.45) is 0. The van der Waals surface area contributed by atoms with Gasteiger partial charge in [-0.05, 0) is 18.7 Å². The highest BCUT2D eigenvalue weighted by Gasteiger charge is 2.16. The Hall–Kier alpha value is -1.95. The molecule has 0 unspecified atom stereocenters. The molecule has 0 spiro atoms. The van der Waals surface area contributed by atoms with Crippen molar-refractivity contribution >= 4 is 11.7 Å². The first-order chi connectivity index (χ1) is 8.49. The lowest BCUT2D eigenvalue weighted by Gasteiger charge is -2.19. The van der Waals surface area contributed by atoms with Gasteiger partial charge in [0.2, 0.25) is 0 Å². The van der Waals surface area contributed by atoms with E-state index in [-0.39, 0.29) is 11.3 Å². The molecule has 0 saturated heterocycles. The van der Waals surface area contributed by atoms with Crippen LogP contribution < -0.4 is 0 Å². The van der Waals surface area contributed by atoms with Crippen LogP contribution in [-0.4, -0.2) is 34.0 Å². The number of rotatable bonds is 6. The lowest BCUT2D eigenvalue weighted by atomic mass is 10.1. The number of carboxylic acid groups (broad SMARTS) is 1. The van der Waals surface area contributed by atoms with Gasteiger partial charge in [-0.2, -0.15) is 0 Å². The Morgan fingerprint density at radius 3 is 2.44 bits per heavy atom. The molecule has 0 amide bonds. The van der Waals surface area contributed by atoms with Crippen LogP contribution in [-0.2, 0) is 6.54 Å². The molecule has 6 heteroatoms. The van der Waals surface area contributed by atoms with E-state index in [2.05, 4.69) is 0 Å². The second-order valence-electron chi connectivity index (χ2n) is 3.87. The van der Waals surface area contributed by atoms with Gasteiger partial charge in [0.15, 0.2) is 0 Å². The molecule has 6 nitrogen and oxygen atoms in total. The topological polar surface area (TPSA) is 83.7 Å². The number of carbonyl (C=O) groups is 1. The van der Waals surface area contributed by atoms with Crippen LogP contribution in [0.15, 0.2) is 18.2 Å². The van der Waals surface area contributed by atoms with Crippen LogP contribution in [0.25, 0.3) is 0 Å². The third kappa shape index (κ3) is 3.27. The second kappa shape index (κ2) is 6.11. The molecule has 1 rings (SSSR count). The molecule has 18 heavy (non-hydrogen) atoms. The molecule has 0 heterocycles. The summed E-state index contributed by atoms with van der Waals surface area (Å²) in [7, 11) is 0. The average molecular weight is 252 g/mol. The monoisotopic (exact) mass is 252 g/mol. The van der Waals surface area contributed by atoms with Crippen molar-refractivity contribution < 1.29 is 14.8 Å². The van der Waals surface area contributed by atoms with Crippen molar-refractivity contribution in [2.45, 2.75) is 20.4 Å². The highest BCUT2D eigenvalue weighted by molar-refractivity contribution is 5.90. The Kier molecular flexibility index (Phi) is 4.79. The summed E-state index contributed by atoms with van der Waals surface area (Å²) in [6.45, 7) is 6.04. The quantitative estimate of drug-likeness (QED) is 0.619. The molecule has 0 radical (unpaired) electrons. The number of nitrogens with zero attached hydrogens (tertiary/aromatic N) is 2. The Morgan fingerprint density at radius 1 is 1.39 bits per heavy atom. The van der Waals surface area contributed by atoms with Crippen molar-refractivity contribution in [3.05, 3.63) is 39.4 Å². The summed E-state index contributed by atoms with van der Waals surface area (Å²) in [5, 5.41) is 19.7. The van der Waals surface area contributed by atoms with E-state index in [1.807, 2.05) is 18.7 Å². The summed E-state index contributed by atoms with van der Waals surface area (Å²) in [4.78, 5) is 23.2. The van der Waals surface area contributed by atoms with Gasteiger partial charge in [0.05, 0.1) is 10.5 Å². The highest BCUT2D eigenvalue weighted by atomic mass is 16.6. The van der Waals surface area contributed by atoms with E-state index in [4.69, 9.17) is 5.11 Å².